The minimum Gasteiger partial charge on any atom is -0.360 e. The third-order valence-corrected chi connectivity index (χ3v) is 5.95. The standard InChI is InChI=1S/C21H29N5O/c1-17-6-2-5-9-19(17)25-14-12-24(13-15-25)16-21(27)23-20-10-11-22-26(20)18-7-3-4-8-18/h2,5-6,9-11,18H,3-4,7-8,12-16H2,1H3,(H,23,27)/p+1. The van der Waals surface area contributed by atoms with Gasteiger partial charge in [0.2, 0.25) is 0 Å². The fourth-order valence-electron chi connectivity index (χ4n) is 4.43. The molecule has 0 radical (unpaired) electrons. The second kappa shape index (κ2) is 8.13. The monoisotopic (exact) mass is 368 g/mol. The SMILES string of the molecule is Cc1ccccc1N1CC[NH+](CC(=O)Nc2ccnn2C2CCCC2)CC1. The predicted octanol–water partition coefficient (Wildman–Crippen LogP) is 1.65. The Morgan fingerprint density at radius 3 is 2.67 bits per heavy atom. The van der Waals surface area contributed by atoms with Gasteiger partial charge in [-0.1, -0.05) is 31.0 Å². The molecule has 27 heavy (non-hydrogen) atoms. The number of benzene rings is 1. The van der Waals surface area contributed by atoms with Crippen LogP contribution in [0.4, 0.5) is 11.5 Å². The van der Waals surface area contributed by atoms with Gasteiger partial charge in [0.05, 0.1) is 38.4 Å². The summed E-state index contributed by atoms with van der Waals surface area (Å²) in [4.78, 5) is 16.4. The van der Waals surface area contributed by atoms with E-state index < -0.39 is 0 Å². The van der Waals surface area contributed by atoms with Gasteiger partial charge in [0.25, 0.3) is 5.91 Å². The van der Waals surface area contributed by atoms with Gasteiger partial charge in [0.1, 0.15) is 5.82 Å². The van der Waals surface area contributed by atoms with Crippen molar-refractivity contribution < 1.29 is 9.69 Å². The van der Waals surface area contributed by atoms with E-state index in [4.69, 9.17) is 0 Å². The van der Waals surface area contributed by atoms with Crippen molar-refractivity contribution in [3.05, 3.63) is 42.1 Å². The zero-order chi connectivity index (χ0) is 18.6. The molecule has 0 spiro atoms. The molecule has 1 saturated carbocycles. The maximum atomic E-state index is 12.6. The topological polar surface area (TPSA) is 54.6 Å². The fraction of sp³-hybridized carbons (Fsp3) is 0.524. The zero-order valence-corrected chi connectivity index (χ0v) is 16.2. The second-order valence-electron chi connectivity index (χ2n) is 7.85. The van der Waals surface area contributed by atoms with Gasteiger partial charge >= 0.3 is 0 Å². The van der Waals surface area contributed by atoms with E-state index in [0.29, 0.717) is 12.6 Å². The zero-order valence-electron chi connectivity index (χ0n) is 16.2. The summed E-state index contributed by atoms with van der Waals surface area (Å²) in [5.74, 6) is 0.943. The Kier molecular flexibility index (Phi) is 5.43. The molecule has 0 unspecified atom stereocenters. The average Bonchev–Trinajstić information content (AvgIpc) is 3.34. The van der Waals surface area contributed by atoms with Gasteiger partial charge in [-0.2, -0.15) is 5.10 Å². The Bertz CT molecular complexity index is 772. The lowest BCUT2D eigenvalue weighted by Crippen LogP contribution is -3.15. The number of quaternary nitrogens is 1. The lowest BCUT2D eigenvalue weighted by molar-refractivity contribution is -0.892. The number of rotatable bonds is 5. The van der Waals surface area contributed by atoms with Gasteiger partial charge in [0.15, 0.2) is 6.54 Å². The summed E-state index contributed by atoms with van der Waals surface area (Å²) >= 11 is 0. The lowest BCUT2D eigenvalue weighted by atomic mass is 10.1. The highest BCUT2D eigenvalue weighted by Gasteiger charge is 2.24. The molecule has 1 aliphatic heterocycles. The first kappa shape index (κ1) is 18.0. The van der Waals surface area contributed by atoms with E-state index in [1.807, 2.05) is 10.7 Å². The molecule has 6 heteroatoms. The number of piperazine rings is 1. The minimum atomic E-state index is 0.0917. The Hall–Kier alpha value is -2.34. The highest BCUT2D eigenvalue weighted by atomic mass is 16.2. The van der Waals surface area contributed by atoms with E-state index in [1.54, 1.807) is 6.20 Å². The molecule has 1 saturated heterocycles. The maximum Gasteiger partial charge on any atom is 0.280 e. The van der Waals surface area contributed by atoms with Crippen LogP contribution in [0.25, 0.3) is 0 Å². The summed E-state index contributed by atoms with van der Waals surface area (Å²) in [5, 5.41) is 7.53. The summed E-state index contributed by atoms with van der Waals surface area (Å²) in [7, 11) is 0. The van der Waals surface area contributed by atoms with Crippen LogP contribution in [0.2, 0.25) is 0 Å². The van der Waals surface area contributed by atoms with Crippen molar-refractivity contribution in [2.24, 2.45) is 0 Å². The van der Waals surface area contributed by atoms with Crippen LogP contribution in [0.1, 0.15) is 37.3 Å². The van der Waals surface area contributed by atoms with E-state index >= 15 is 0 Å². The molecule has 2 fully saturated rings. The number of nitrogens with one attached hydrogen (secondary N) is 2. The molecule has 1 aliphatic carbocycles. The first-order chi connectivity index (χ1) is 13.2. The number of para-hydroxylation sites is 1. The number of carbonyl (C=O) groups excluding carboxylic acids is 1. The smallest absolute Gasteiger partial charge is 0.280 e. The van der Waals surface area contributed by atoms with Gasteiger partial charge in [-0.05, 0) is 31.4 Å². The van der Waals surface area contributed by atoms with Crippen LogP contribution >= 0.6 is 0 Å². The third kappa shape index (κ3) is 4.16. The minimum absolute atomic E-state index is 0.0917. The summed E-state index contributed by atoms with van der Waals surface area (Å²) in [5.41, 5.74) is 2.64. The molecule has 144 valence electrons. The number of aryl methyl sites for hydroxylation is 1. The summed E-state index contributed by atoms with van der Waals surface area (Å²) in [6.45, 7) is 6.65. The normalized spacial score (nSPS) is 18.8. The van der Waals surface area contributed by atoms with Crippen molar-refractivity contribution in [2.45, 2.75) is 38.6 Å². The van der Waals surface area contributed by atoms with Gasteiger partial charge < -0.3 is 15.1 Å². The number of amides is 1. The van der Waals surface area contributed by atoms with Crippen molar-refractivity contribution in [2.75, 3.05) is 42.9 Å². The molecule has 2 aliphatic rings. The van der Waals surface area contributed by atoms with Gasteiger partial charge in [-0.3, -0.25) is 4.79 Å². The van der Waals surface area contributed by atoms with Crippen LogP contribution in [0.5, 0.6) is 0 Å². The molecule has 2 aromatic rings. The molecule has 0 bridgehead atoms. The van der Waals surface area contributed by atoms with Crippen molar-refractivity contribution in [3.8, 4) is 0 Å². The molecule has 2 N–H and O–H groups in total. The molecular weight excluding hydrogens is 338 g/mol. The number of aromatic nitrogens is 2. The van der Waals surface area contributed by atoms with E-state index in [9.17, 15) is 4.79 Å². The van der Waals surface area contributed by atoms with Crippen LogP contribution in [0, 0.1) is 6.92 Å². The number of nitrogens with zero attached hydrogens (tertiary/aromatic N) is 3. The van der Waals surface area contributed by atoms with Crippen LogP contribution < -0.4 is 15.1 Å². The number of hydrogen-bond donors (Lipinski definition) is 2. The molecule has 1 aromatic carbocycles. The van der Waals surface area contributed by atoms with Crippen molar-refractivity contribution >= 4 is 17.4 Å². The van der Waals surface area contributed by atoms with E-state index in [0.717, 1.165) is 44.8 Å². The third-order valence-electron chi connectivity index (χ3n) is 5.95. The summed E-state index contributed by atoms with van der Waals surface area (Å²) in [6.07, 6.45) is 6.63. The highest BCUT2D eigenvalue weighted by molar-refractivity contribution is 5.90. The van der Waals surface area contributed by atoms with E-state index in [-0.39, 0.29) is 5.91 Å². The van der Waals surface area contributed by atoms with Gasteiger partial charge in [-0.25, -0.2) is 4.68 Å². The van der Waals surface area contributed by atoms with Crippen molar-refractivity contribution in [3.63, 3.8) is 0 Å². The van der Waals surface area contributed by atoms with Crippen LogP contribution in [-0.2, 0) is 4.79 Å². The summed E-state index contributed by atoms with van der Waals surface area (Å²) < 4.78 is 2.01. The number of hydrogen-bond acceptors (Lipinski definition) is 3. The Labute approximate surface area is 161 Å². The molecule has 4 rings (SSSR count). The van der Waals surface area contributed by atoms with Crippen LogP contribution in [0.3, 0.4) is 0 Å². The molecule has 0 atom stereocenters. The Balaban J connectivity index is 1.29. The lowest BCUT2D eigenvalue weighted by Gasteiger charge is -2.34. The fourth-order valence-corrected chi connectivity index (χ4v) is 4.43. The number of carbonyl (C=O) groups is 1. The first-order valence-corrected chi connectivity index (χ1v) is 10.2. The predicted molar refractivity (Wildman–Crippen MR) is 107 cm³/mol. The second-order valence-corrected chi connectivity index (χ2v) is 7.85. The molecular formula is C21H30N5O+. The first-order valence-electron chi connectivity index (χ1n) is 10.2. The molecule has 2 heterocycles. The average molecular weight is 369 g/mol. The van der Waals surface area contributed by atoms with Crippen LogP contribution in [0.15, 0.2) is 36.5 Å². The van der Waals surface area contributed by atoms with E-state index in [2.05, 4.69) is 46.5 Å². The number of anilines is 2. The Morgan fingerprint density at radius 2 is 1.93 bits per heavy atom. The quantitative estimate of drug-likeness (QED) is 0.844. The Morgan fingerprint density at radius 1 is 1.19 bits per heavy atom. The van der Waals surface area contributed by atoms with Gasteiger partial charge in [0, 0.05) is 11.8 Å². The van der Waals surface area contributed by atoms with Gasteiger partial charge in [-0.15, -0.1) is 0 Å². The van der Waals surface area contributed by atoms with Crippen molar-refractivity contribution in [1.82, 2.24) is 9.78 Å². The van der Waals surface area contributed by atoms with Crippen molar-refractivity contribution in [1.29, 1.82) is 0 Å². The van der Waals surface area contributed by atoms with Crippen LogP contribution in [-0.4, -0.2) is 48.4 Å². The largest absolute Gasteiger partial charge is 0.360 e. The van der Waals surface area contributed by atoms with E-state index in [1.165, 1.54) is 29.0 Å². The molecule has 6 nitrogen and oxygen atoms in total. The highest BCUT2D eigenvalue weighted by Crippen LogP contribution is 2.31. The maximum absolute atomic E-state index is 12.6. The summed E-state index contributed by atoms with van der Waals surface area (Å²) in [6, 6.07) is 10.9. The molecule has 1 aromatic heterocycles. The molecule has 1 amide bonds.